The van der Waals surface area contributed by atoms with Gasteiger partial charge in [-0.25, -0.2) is 15.0 Å². The fraction of sp³-hybridized carbons (Fsp3) is 0. The van der Waals surface area contributed by atoms with Crippen molar-refractivity contribution in [3.63, 3.8) is 0 Å². The third-order valence-electron chi connectivity index (χ3n) is 9.86. The van der Waals surface area contributed by atoms with Gasteiger partial charge in [-0.15, -0.1) is 22.7 Å². The quantitative estimate of drug-likeness (QED) is 0.185. The minimum Gasteiger partial charge on any atom is -0.309 e. The summed E-state index contributed by atoms with van der Waals surface area (Å²) in [7, 11) is 0. The lowest BCUT2D eigenvalue weighted by atomic mass is 10.1. The lowest BCUT2D eigenvalue weighted by molar-refractivity contribution is 1.08. The van der Waals surface area contributed by atoms with Crippen LogP contribution in [0.15, 0.2) is 158 Å². The van der Waals surface area contributed by atoms with Crippen molar-refractivity contribution in [3.8, 4) is 39.9 Å². The van der Waals surface area contributed by atoms with Gasteiger partial charge in [0.25, 0.3) is 0 Å². The zero-order chi connectivity index (χ0) is 33.5. The predicted octanol–water partition coefficient (Wildman–Crippen LogP) is 12.7. The van der Waals surface area contributed by atoms with E-state index in [4.69, 9.17) is 15.0 Å². The standard InChI is InChI=1S/C45H26N4S2/c1-2-11-29(12-3-1)49-37-18-7-4-13-30(37)35-25-27(21-23-38(35)49)43-46-44(28-22-24-41-36(26-28)32-15-6-8-19-39(32)50-41)48-45(47-43)34-17-10-16-33-31-14-5-9-20-40(31)51-42(33)34/h1-26H. The first-order chi connectivity index (χ1) is 25.3. The fourth-order valence-corrected chi connectivity index (χ4v) is 9.81. The molecule has 11 rings (SSSR count). The Bertz CT molecular complexity index is 3150. The summed E-state index contributed by atoms with van der Waals surface area (Å²) in [6.45, 7) is 0. The van der Waals surface area contributed by atoms with Crippen molar-refractivity contribution in [1.29, 1.82) is 0 Å². The Balaban J connectivity index is 1.16. The molecule has 0 aliphatic heterocycles. The molecule has 238 valence electrons. The second-order valence-electron chi connectivity index (χ2n) is 12.8. The Kier molecular flexibility index (Phi) is 6.26. The normalized spacial score (nSPS) is 11.9. The van der Waals surface area contributed by atoms with Crippen molar-refractivity contribution in [1.82, 2.24) is 19.5 Å². The van der Waals surface area contributed by atoms with Crippen molar-refractivity contribution in [2.24, 2.45) is 0 Å². The molecule has 0 unspecified atom stereocenters. The molecule has 6 heteroatoms. The molecular weight excluding hydrogens is 661 g/mol. The molecule has 0 radical (unpaired) electrons. The maximum absolute atomic E-state index is 5.25. The van der Waals surface area contributed by atoms with Crippen molar-refractivity contribution >= 4 is 84.8 Å². The molecule has 11 aromatic rings. The highest BCUT2D eigenvalue weighted by Crippen LogP contribution is 2.41. The van der Waals surface area contributed by atoms with Gasteiger partial charge in [0, 0.05) is 73.5 Å². The number of hydrogen-bond donors (Lipinski definition) is 0. The van der Waals surface area contributed by atoms with Gasteiger partial charge in [0.1, 0.15) is 0 Å². The highest BCUT2D eigenvalue weighted by molar-refractivity contribution is 7.26. The first-order valence-electron chi connectivity index (χ1n) is 16.9. The van der Waals surface area contributed by atoms with E-state index >= 15 is 0 Å². The van der Waals surface area contributed by atoms with E-state index in [1.54, 1.807) is 11.3 Å². The van der Waals surface area contributed by atoms with E-state index in [9.17, 15) is 0 Å². The maximum atomic E-state index is 5.25. The molecular formula is C45H26N4S2. The average molecular weight is 687 g/mol. The van der Waals surface area contributed by atoms with Gasteiger partial charge in [0.05, 0.1) is 11.0 Å². The van der Waals surface area contributed by atoms with Gasteiger partial charge < -0.3 is 4.57 Å². The van der Waals surface area contributed by atoms with Crippen LogP contribution >= 0.6 is 22.7 Å². The summed E-state index contributed by atoms with van der Waals surface area (Å²) in [5, 5.41) is 7.30. The van der Waals surface area contributed by atoms with Crippen LogP contribution in [-0.4, -0.2) is 19.5 Å². The van der Waals surface area contributed by atoms with Crippen LogP contribution in [0, 0.1) is 0 Å². The Hall–Kier alpha value is -6.21. The summed E-state index contributed by atoms with van der Waals surface area (Å²) in [6, 6.07) is 56.0. The van der Waals surface area contributed by atoms with E-state index in [1.807, 2.05) is 11.3 Å². The summed E-state index contributed by atoms with van der Waals surface area (Å²) in [6.07, 6.45) is 0. The molecule has 0 aliphatic carbocycles. The van der Waals surface area contributed by atoms with Gasteiger partial charge in [-0.1, -0.05) is 84.9 Å². The van der Waals surface area contributed by atoms with Crippen LogP contribution in [0.2, 0.25) is 0 Å². The number of para-hydroxylation sites is 2. The van der Waals surface area contributed by atoms with Crippen LogP contribution < -0.4 is 0 Å². The lowest BCUT2D eigenvalue weighted by Gasteiger charge is -2.10. The predicted molar refractivity (Wildman–Crippen MR) is 216 cm³/mol. The van der Waals surface area contributed by atoms with Crippen LogP contribution in [0.1, 0.15) is 0 Å². The molecule has 4 heterocycles. The molecule has 0 aliphatic rings. The van der Waals surface area contributed by atoms with Gasteiger partial charge >= 0.3 is 0 Å². The van der Waals surface area contributed by atoms with Gasteiger partial charge in [-0.3, -0.25) is 0 Å². The SMILES string of the molecule is c1ccc(-n2c3ccccc3c3cc(-c4nc(-c5ccc6sc7ccccc7c6c5)nc(-c5cccc6c5sc5ccccc56)n4)ccc32)cc1. The second-order valence-corrected chi connectivity index (χ2v) is 15.0. The van der Waals surface area contributed by atoms with E-state index in [1.165, 1.54) is 51.2 Å². The number of rotatable bonds is 4. The average Bonchev–Trinajstić information content (AvgIpc) is 3.87. The van der Waals surface area contributed by atoms with Crippen molar-refractivity contribution < 1.29 is 0 Å². The summed E-state index contributed by atoms with van der Waals surface area (Å²) in [4.78, 5) is 15.7. The topological polar surface area (TPSA) is 43.6 Å². The van der Waals surface area contributed by atoms with Crippen LogP contribution in [0.4, 0.5) is 0 Å². The fourth-order valence-electron chi connectivity index (χ4n) is 7.51. The third kappa shape index (κ3) is 4.47. The van der Waals surface area contributed by atoms with Crippen LogP contribution in [-0.2, 0) is 0 Å². The van der Waals surface area contributed by atoms with E-state index in [-0.39, 0.29) is 0 Å². The highest BCUT2D eigenvalue weighted by Gasteiger charge is 2.19. The molecule has 0 bridgehead atoms. The molecule has 0 saturated carbocycles. The number of nitrogens with zero attached hydrogens (tertiary/aromatic N) is 4. The van der Waals surface area contributed by atoms with Crippen LogP contribution in [0.5, 0.6) is 0 Å². The molecule has 51 heavy (non-hydrogen) atoms. The van der Waals surface area contributed by atoms with E-state index in [0.717, 1.165) is 33.3 Å². The number of aromatic nitrogens is 4. The molecule has 4 nitrogen and oxygen atoms in total. The number of fused-ring (bicyclic) bond motifs is 9. The zero-order valence-electron chi connectivity index (χ0n) is 27.1. The Labute approximate surface area is 300 Å². The minimum atomic E-state index is 0.654. The highest BCUT2D eigenvalue weighted by atomic mass is 32.1. The lowest BCUT2D eigenvalue weighted by Crippen LogP contribution is -2.00. The monoisotopic (exact) mass is 686 g/mol. The zero-order valence-corrected chi connectivity index (χ0v) is 28.7. The van der Waals surface area contributed by atoms with Crippen molar-refractivity contribution in [2.75, 3.05) is 0 Å². The van der Waals surface area contributed by atoms with Crippen molar-refractivity contribution in [3.05, 3.63) is 158 Å². The molecule has 0 fully saturated rings. The van der Waals surface area contributed by atoms with E-state index in [2.05, 4.69) is 162 Å². The van der Waals surface area contributed by atoms with E-state index < -0.39 is 0 Å². The number of hydrogen-bond acceptors (Lipinski definition) is 5. The molecule has 0 saturated heterocycles. The Morgan fingerprint density at radius 2 is 0.941 bits per heavy atom. The van der Waals surface area contributed by atoms with Crippen molar-refractivity contribution in [2.45, 2.75) is 0 Å². The Morgan fingerprint density at radius 1 is 0.373 bits per heavy atom. The molecule has 7 aromatic carbocycles. The van der Waals surface area contributed by atoms with Gasteiger partial charge in [-0.05, 0) is 72.8 Å². The smallest absolute Gasteiger partial charge is 0.165 e. The summed E-state index contributed by atoms with van der Waals surface area (Å²) >= 11 is 3.61. The summed E-state index contributed by atoms with van der Waals surface area (Å²) < 4.78 is 7.30. The summed E-state index contributed by atoms with van der Waals surface area (Å²) in [5.41, 5.74) is 6.39. The van der Waals surface area contributed by atoms with Gasteiger partial charge in [0.15, 0.2) is 17.5 Å². The minimum absolute atomic E-state index is 0.654. The Morgan fingerprint density at radius 3 is 1.75 bits per heavy atom. The molecule has 0 N–H and O–H groups in total. The molecule has 0 amide bonds. The largest absolute Gasteiger partial charge is 0.309 e. The molecule has 0 atom stereocenters. The third-order valence-corrected chi connectivity index (χ3v) is 12.2. The first-order valence-corrected chi connectivity index (χ1v) is 18.6. The second kappa shape index (κ2) is 11.2. The number of benzene rings is 7. The number of thiophene rings is 2. The van der Waals surface area contributed by atoms with Crippen LogP contribution in [0.3, 0.4) is 0 Å². The maximum Gasteiger partial charge on any atom is 0.165 e. The van der Waals surface area contributed by atoms with E-state index in [0.29, 0.717) is 17.5 Å². The molecule has 0 spiro atoms. The van der Waals surface area contributed by atoms with Gasteiger partial charge in [0.2, 0.25) is 0 Å². The molecule has 4 aromatic heterocycles. The van der Waals surface area contributed by atoms with Gasteiger partial charge in [-0.2, -0.15) is 0 Å². The van der Waals surface area contributed by atoms with Crippen LogP contribution in [0.25, 0.3) is 102 Å². The summed E-state index contributed by atoms with van der Waals surface area (Å²) in [5.74, 6) is 1.99. The first kappa shape index (κ1) is 28.6.